The van der Waals surface area contributed by atoms with Crippen LogP contribution in [-0.4, -0.2) is 12.8 Å². The summed E-state index contributed by atoms with van der Waals surface area (Å²) < 4.78 is 48.0. The number of hydrogen-bond acceptors (Lipinski definition) is 3. The van der Waals surface area contributed by atoms with Gasteiger partial charge in [0.05, 0.1) is 5.56 Å². The molecule has 0 heterocycles. The third-order valence-electron chi connectivity index (χ3n) is 1.77. The number of rotatable bonds is 4. The molecular weight excluding hydrogens is 240 g/mol. The Morgan fingerprint density at radius 2 is 2.06 bits per heavy atom. The zero-order chi connectivity index (χ0) is 12.9. The van der Waals surface area contributed by atoms with Crippen LogP contribution in [0.3, 0.4) is 0 Å². The lowest BCUT2D eigenvalue weighted by Gasteiger charge is -2.08. The maximum absolute atomic E-state index is 12.9. The van der Waals surface area contributed by atoms with Gasteiger partial charge in [0.1, 0.15) is 11.9 Å². The molecule has 1 N–H and O–H groups in total. The van der Waals surface area contributed by atoms with Crippen LogP contribution in [-0.2, 0) is 11.4 Å². The highest BCUT2D eigenvalue weighted by molar-refractivity contribution is 5.34. The quantitative estimate of drug-likeness (QED) is 0.505. The van der Waals surface area contributed by atoms with Crippen LogP contribution < -0.4 is 5.48 Å². The van der Waals surface area contributed by atoms with E-state index < -0.39 is 18.6 Å². The smallest absolute Gasteiger partial charge is 0.292 e. The monoisotopic (exact) mass is 248 g/mol. The first kappa shape index (κ1) is 13.4. The fourth-order valence-corrected chi connectivity index (χ4v) is 1.04. The normalized spacial score (nSPS) is 11.2. The first-order valence-corrected chi connectivity index (χ1v) is 4.52. The van der Waals surface area contributed by atoms with Crippen LogP contribution in [0.25, 0.3) is 0 Å². The topological polar surface area (TPSA) is 45.0 Å². The third-order valence-corrected chi connectivity index (χ3v) is 1.77. The number of benzene rings is 1. The van der Waals surface area contributed by atoms with Gasteiger partial charge in [0.25, 0.3) is 0 Å². The molecule has 1 rings (SSSR count). The number of nitriles is 1. The van der Waals surface area contributed by atoms with Crippen molar-refractivity contribution in [2.45, 2.75) is 12.7 Å². The molecule has 17 heavy (non-hydrogen) atoms. The van der Waals surface area contributed by atoms with Crippen molar-refractivity contribution >= 4 is 0 Å². The highest BCUT2D eigenvalue weighted by atomic mass is 19.4. The second-order valence-corrected chi connectivity index (χ2v) is 3.15. The van der Waals surface area contributed by atoms with Crippen molar-refractivity contribution in [2.75, 3.05) is 6.61 Å². The van der Waals surface area contributed by atoms with Gasteiger partial charge in [-0.3, -0.25) is 4.84 Å². The Morgan fingerprint density at radius 3 is 2.65 bits per heavy atom. The first-order valence-electron chi connectivity index (χ1n) is 4.52. The van der Waals surface area contributed by atoms with Crippen molar-refractivity contribution in [3.05, 3.63) is 35.1 Å². The van der Waals surface area contributed by atoms with Gasteiger partial charge in [-0.2, -0.15) is 23.9 Å². The summed E-state index contributed by atoms with van der Waals surface area (Å²) in [5.41, 5.74) is 2.36. The Balaban J connectivity index is 2.45. The SMILES string of the molecule is N#Cc1cc(CNOCC(F)(F)F)ccc1F. The highest BCUT2D eigenvalue weighted by Crippen LogP contribution is 2.14. The number of halogens is 4. The Morgan fingerprint density at radius 1 is 1.35 bits per heavy atom. The fraction of sp³-hybridized carbons (Fsp3) is 0.300. The molecule has 0 bridgehead atoms. The average Bonchev–Trinajstić information content (AvgIpc) is 2.25. The summed E-state index contributed by atoms with van der Waals surface area (Å²) in [6, 6.07) is 5.28. The summed E-state index contributed by atoms with van der Waals surface area (Å²) in [6.45, 7) is -1.47. The molecule has 92 valence electrons. The molecule has 0 atom stereocenters. The lowest BCUT2D eigenvalue weighted by atomic mass is 10.1. The molecule has 0 spiro atoms. The fourth-order valence-electron chi connectivity index (χ4n) is 1.04. The average molecular weight is 248 g/mol. The first-order chi connectivity index (χ1) is 7.92. The molecule has 0 aliphatic heterocycles. The van der Waals surface area contributed by atoms with Crippen molar-refractivity contribution < 1.29 is 22.4 Å². The maximum Gasteiger partial charge on any atom is 0.413 e. The zero-order valence-electron chi connectivity index (χ0n) is 8.51. The molecule has 0 unspecified atom stereocenters. The van der Waals surface area contributed by atoms with Gasteiger partial charge in [-0.05, 0) is 17.7 Å². The molecule has 0 aliphatic rings. The van der Waals surface area contributed by atoms with E-state index in [2.05, 4.69) is 10.3 Å². The molecule has 0 amide bonds. The van der Waals surface area contributed by atoms with Crippen LogP contribution in [0.4, 0.5) is 17.6 Å². The van der Waals surface area contributed by atoms with E-state index in [1.165, 1.54) is 12.1 Å². The van der Waals surface area contributed by atoms with Crippen molar-refractivity contribution in [1.29, 1.82) is 5.26 Å². The minimum Gasteiger partial charge on any atom is -0.292 e. The predicted octanol–water partition coefficient (Wildman–Crippen LogP) is 2.28. The highest BCUT2D eigenvalue weighted by Gasteiger charge is 2.27. The van der Waals surface area contributed by atoms with Gasteiger partial charge in [-0.15, -0.1) is 0 Å². The predicted molar refractivity (Wildman–Crippen MR) is 50.0 cm³/mol. The van der Waals surface area contributed by atoms with Gasteiger partial charge in [0, 0.05) is 6.54 Å². The van der Waals surface area contributed by atoms with E-state index in [0.29, 0.717) is 5.56 Å². The van der Waals surface area contributed by atoms with Crippen molar-refractivity contribution in [1.82, 2.24) is 5.48 Å². The second-order valence-electron chi connectivity index (χ2n) is 3.15. The van der Waals surface area contributed by atoms with Crippen LogP contribution in [0.1, 0.15) is 11.1 Å². The second kappa shape index (κ2) is 5.61. The van der Waals surface area contributed by atoms with E-state index in [1.54, 1.807) is 6.07 Å². The summed E-state index contributed by atoms with van der Waals surface area (Å²) in [4.78, 5) is 4.15. The molecule has 0 radical (unpaired) electrons. The molecular formula is C10H8F4N2O. The van der Waals surface area contributed by atoms with Gasteiger partial charge in [0.2, 0.25) is 0 Å². The van der Waals surface area contributed by atoms with Crippen LogP contribution in [0.5, 0.6) is 0 Å². The van der Waals surface area contributed by atoms with E-state index in [-0.39, 0.29) is 12.1 Å². The molecule has 3 nitrogen and oxygen atoms in total. The van der Waals surface area contributed by atoms with E-state index in [9.17, 15) is 17.6 Å². The summed E-state index contributed by atoms with van der Waals surface area (Å²) in [5.74, 6) is -0.674. The lowest BCUT2D eigenvalue weighted by Crippen LogP contribution is -2.24. The zero-order valence-corrected chi connectivity index (χ0v) is 8.51. The van der Waals surface area contributed by atoms with Crippen molar-refractivity contribution in [3.63, 3.8) is 0 Å². The van der Waals surface area contributed by atoms with E-state index in [1.807, 2.05) is 0 Å². The Kier molecular flexibility index (Phi) is 4.43. The van der Waals surface area contributed by atoms with Gasteiger partial charge in [-0.1, -0.05) is 6.07 Å². The lowest BCUT2D eigenvalue weighted by molar-refractivity contribution is -0.190. The molecule has 1 aromatic rings. The standard InChI is InChI=1S/C10H8F4N2O/c11-9-2-1-7(3-8(9)4-15)5-16-17-6-10(12,13)14/h1-3,16H,5-6H2. The van der Waals surface area contributed by atoms with Gasteiger partial charge < -0.3 is 0 Å². The summed E-state index contributed by atoms with van der Waals surface area (Å²) in [6.07, 6.45) is -4.41. The molecule has 7 heteroatoms. The van der Waals surface area contributed by atoms with Crippen molar-refractivity contribution in [3.8, 4) is 6.07 Å². The molecule has 0 fully saturated rings. The number of nitrogens with zero attached hydrogens (tertiary/aromatic N) is 1. The number of nitrogens with one attached hydrogen (secondary N) is 1. The van der Waals surface area contributed by atoms with E-state index >= 15 is 0 Å². The number of alkyl halides is 3. The summed E-state index contributed by atoms with van der Waals surface area (Å²) in [7, 11) is 0. The van der Waals surface area contributed by atoms with E-state index in [4.69, 9.17) is 5.26 Å². The molecule has 0 saturated heterocycles. The Labute approximate surface area is 94.6 Å². The van der Waals surface area contributed by atoms with Crippen LogP contribution >= 0.6 is 0 Å². The molecule has 0 aliphatic carbocycles. The van der Waals surface area contributed by atoms with Crippen LogP contribution in [0.2, 0.25) is 0 Å². The van der Waals surface area contributed by atoms with Gasteiger partial charge >= 0.3 is 6.18 Å². The van der Waals surface area contributed by atoms with Crippen LogP contribution in [0, 0.1) is 17.1 Å². The molecule has 1 aromatic carbocycles. The summed E-state index contributed by atoms with van der Waals surface area (Å²) in [5, 5.41) is 8.53. The Hall–Kier alpha value is -1.65. The third kappa shape index (κ3) is 4.80. The van der Waals surface area contributed by atoms with Crippen LogP contribution in [0.15, 0.2) is 18.2 Å². The number of hydrogen-bond donors (Lipinski definition) is 1. The largest absolute Gasteiger partial charge is 0.413 e. The maximum atomic E-state index is 12.9. The summed E-state index contributed by atoms with van der Waals surface area (Å²) >= 11 is 0. The van der Waals surface area contributed by atoms with Gasteiger partial charge in [0.15, 0.2) is 6.61 Å². The minimum atomic E-state index is -4.41. The minimum absolute atomic E-state index is 0.0506. The molecule has 0 saturated carbocycles. The van der Waals surface area contributed by atoms with Gasteiger partial charge in [-0.25, -0.2) is 4.39 Å². The Bertz CT molecular complexity index is 425. The molecule has 0 aromatic heterocycles. The van der Waals surface area contributed by atoms with Crippen molar-refractivity contribution in [2.24, 2.45) is 0 Å². The van der Waals surface area contributed by atoms with E-state index in [0.717, 1.165) is 6.07 Å². The number of hydroxylamine groups is 1.